The molecule has 1 unspecified atom stereocenters. The van der Waals surface area contributed by atoms with E-state index in [0.717, 1.165) is 11.1 Å². The first-order chi connectivity index (χ1) is 11.2. The van der Waals surface area contributed by atoms with E-state index in [1.54, 1.807) is 17.1 Å². The second kappa shape index (κ2) is 7.35. The van der Waals surface area contributed by atoms with Gasteiger partial charge in [0.05, 0.1) is 25.7 Å². The minimum atomic E-state index is -0.263. The average molecular weight is 314 g/mol. The molecule has 4 nitrogen and oxygen atoms in total. The highest BCUT2D eigenvalue weighted by Gasteiger charge is 2.30. The zero-order chi connectivity index (χ0) is 16.1. The Balaban J connectivity index is 1.46. The highest BCUT2D eigenvalue weighted by molar-refractivity contribution is 5.78. The minimum absolute atomic E-state index is 0.0324. The maximum Gasteiger partial charge on any atom is 0.239 e. The Labute approximate surface area is 134 Å². The van der Waals surface area contributed by atoms with Crippen molar-refractivity contribution < 1.29 is 13.9 Å². The standard InChI is InChI=1S/C18H19FN2O2/c19-16-8-6-15(7-9-16)13-23-17-10-18(22)21(12-17)20-11-14-4-2-1-3-5-14/h1-9,17,20H,10-13H2. The third kappa shape index (κ3) is 4.37. The van der Waals surface area contributed by atoms with Gasteiger partial charge in [-0.05, 0) is 23.3 Å². The van der Waals surface area contributed by atoms with Crippen molar-refractivity contribution >= 4 is 5.91 Å². The van der Waals surface area contributed by atoms with Crippen molar-refractivity contribution in [1.82, 2.24) is 10.4 Å². The van der Waals surface area contributed by atoms with Gasteiger partial charge in [-0.1, -0.05) is 42.5 Å². The highest BCUT2D eigenvalue weighted by Crippen LogP contribution is 2.15. The van der Waals surface area contributed by atoms with Crippen LogP contribution in [-0.2, 0) is 22.7 Å². The summed E-state index contributed by atoms with van der Waals surface area (Å²) in [4.78, 5) is 12.0. The van der Waals surface area contributed by atoms with Gasteiger partial charge in [-0.15, -0.1) is 0 Å². The van der Waals surface area contributed by atoms with Gasteiger partial charge in [-0.25, -0.2) is 9.82 Å². The molecule has 0 spiro atoms. The molecule has 1 amide bonds. The second-order valence-corrected chi connectivity index (χ2v) is 5.59. The summed E-state index contributed by atoms with van der Waals surface area (Å²) in [6, 6.07) is 16.1. The van der Waals surface area contributed by atoms with Crippen molar-refractivity contribution in [3.05, 3.63) is 71.5 Å². The van der Waals surface area contributed by atoms with Crippen LogP contribution in [-0.4, -0.2) is 23.6 Å². The molecule has 1 heterocycles. The SMILES string of the molecule is O=C1CC(OCc2ccc(F)cc2)CN1NCc1ccccc1. The molecule has 5 heteroatoms. The topological polar surface area (TPSA) is 41.6 Å². The number of rotatable bonds is 6. The zero-order valence-electron chi connectivity index (χ0n) is 12.7. The monoisotopic (exact) mass is 314 g/mol. The fourth-order valence-corrected chi connectivity index (χ4v) is 2.52. The van der Waals surface area contributed by atoms with Crippen molar-refractivity contribution in [2.75, 3.05) is 6.54 Å². The number of carbonyl (C=O) groups is 1. The Morgan fingerprint density at radius 1 is 1.09 bits per heavy atom. The van der Waals surface area contributed by atoms with E-state index < -0.39 is 0 Å². The minimum Gasteiger partial charge on any atom is -0.371 e. The van der Waals surface area contributed by atoms with Crippen LogP contribution in [0.3, 0.4) is 0 Å². The summed E-state index contributed by atoms with van der Waals surface area (Å²) in [5.74, 6) is -0.230. The van der Waals surface area contributed by atoms with Crippen LogP contribution >= 0.6 is 0 Å². The van der Waals surface area contributed by atoms with Gasteiger partial charge in [-0.2, -0.15) is 0 Å². The van der Waals surface area contributed by atoms with Crippen LogP contribution in [0.15, 0.2) is 54.6 Å². The number of carbonyl (C=O) groups excluding carboxylic acids is 1. The molecule has 0 bridgehead atoms. The van der Waals surface area contributed by atoms with E-state index in [4.69, 9.17) is 4.74 Å². The zero-order valence-corrected chi connectivity index (χ0v) is 12.7. The van der Waals surface area contributed by atoms with Crippen molar-refractivity contribution in [2.24, 2.45) is 0 Å². The molecular weight excluding hydrogens is 295 g/mol. The van der Waals surface area contributed by atoms with E-state index in [9.17, 15) is 9.18 Å². The van der Waals surface area contributed by atoms with Gasteiger partial charge in [0.1, 0.15) is 5.82 Å². The Morgan fingerprint density at radius 2 is 1.83 bits per heavy atom. The summed E-state index contributed by atoms with van der Waals surface area (Å²) < 4.78 is 18.6. The molecule has 1 fully saturated rings. The molecule has 23 heavy (non-hydrogen) atoms. The normalized spacial score (nSPS) is 17.7. The van der Waals surface area contributed by atoms with Gasteiger partial charge in [0, 0.05) is 6.54 Å². The van der Waals surface area contributed by atoms with Crippen LogP contribution in [0.25, 0.3) is 0 Å². The van der Waals surface area contributed by atoms with Gasteiger partial charge in [0.2, 0.25) is 5.91 Å². The van der Waals surface area contributed by atoms with E-state index in [1.165, 1.54) is 12.1 Å². The molecule has 1 aliphatic heterocycles. The second-order valence-electron chi connectivity index (χ2n) is 5.59. The Kier molecular flexibility index (Phi) is 5.00. The van der Waals surface area contributed by atoms with Crippen molar-refractivity contribution in [3.63, 3.8) is 0 Å². The van der Waals surface area contributed by atoms with Gasteiger partial charge in [0.15, 0.2) is 0 Å². The largest absolute Gasteiger partial charge is 0.371 e. The molecule has 0 aromatic heterocycles. The molecule has 1 atom stereocenters. The lowest BCUT2D eigenvalue weighted by Gasteiger charge is -2.18. The van der Waals surface area contributed by atoms with Gasteiger partial charge >= 0.3 is 0 Å². The van der Waals surface area contributed by atoms with Crippen LogP contribution in [0.4, 0.5) is 4.39 Å². The predicted molar refractivity (Wildman–Crippen MR) is 84.6 cm³/mol. The van der Waals surface area contributed by atoms with Gasteiger partial charge in [0.25, 0.3) is 0 Å². The molecule has 0 saturated carbocycles. The Morgan fingerprint density at radius 3 is 2.57 bits per heavy atom. The number of hydrazine groups is 1. The summed E-state index contributed by atoms with van der Waals surface area (Å²) in [6.45, 7) is 1.51. The maximum absolute atomic E-state index is 12.9. The van der Waals surface area contributed by atoms with Crippen molar-refractivity contribution in [2.45, 2.75) is 25.7 Å². The summed E-state index contributed by atoms with van der Waals surface area (Å²) in [5, 5.41) is 1.61. The molecular formula is C18H19FN2O2. The van der Waals surface area contributed by atoms with Crippen molar-refractivity contribution in [3.8, 4) is 0 Å². The number of hydrogen-bond donors (Lipinski definition) is 1. The van der Waals surface area contributed by atoms with Crippen LogP contribution in [0, 0.1) is 5.82 Å². The predicted octanol–water partition coefficient (Wildman–Crippen LogP) is 2.65. The summed E-state index contributed by atoms with van der Waals surface area (Å²) in [6.07, 6.45) is 0.221. The highest BCUT2D eigenvalue weighted by atomic mass is 19.1. The van der Waals surface area contributed by atoms with E-state index >= 15 is 0 Å². The third-order valence-corrected chi connectivity index (χ3v) is 3.81. The summed E-state index contributed by atoms with van der Waals surface area (Å²) in [5.41, 5.74) is 5.16. The number of hydrogen-bond acceptors (Lipinski definition) is 3. The molecule has 1 saturated heterocycles. The third-order valence-electron chi connectivity index (χ3n) is 3.81. The Bertz CT molecular complexity index is 646. The number of nitrogens with one attached hydrogen (secondary N) is 1. The molecule has 2 aromatic carbocycles. The van der Waals surface area contributed by atoms with E-state index in [2.05, 4.69) is 5.43 Å². The molecule has 3 rings (SSSR count). The van der Waals surface area contributed by atoms with E-state index in [1.807, 2.05) is 30.3 Å². The molecule has 0 aliphatic carbocycles. The fraction of sp³-hybridized carbons (Fsp3) is 0.278. The van der Waals surface area contributed by atoms with Crippen LogP contribution in [0.5, 0.6) is 0 Å². The number of ether oxygens (including phenoxy) is 1. The number of nitrogens with zero attached hydrogens (tertiary/aromatic N) is 1. The van der Waals surface area contributed by atoms with E-state index in [-0.39, 0.29) is 17.8 Å². The fourth-order valence-electron chi connectivity index (χ4n) is 2.52. The molecule has 1 aliphatic rings. The van der Waals surface area contributed by atoms with Crippen molar-refractivity contribution in [1.29, 1.82) is 0 Å². The average Bonchev–Trinajstić information content (AvgIpc) is 2.93. The lowest BCUT2D eigenvalue weighted by Crippen LogP contribution is -2.39. The molecule has 120 valence electrons. The van der Waals surface area contributed by atoms with Gasteiger partial charge < -0.3 is 4.74 Å². The van der Waals surface area contributed by atoms with Crippen LogP contribution < -0.4 is 5.43 Å². The smallest absolute Gasteiger partial charge is 0.239 e. The lowest BCUT2D eigenvalue weighted by molar-refractivity contribution is -0.130. The van der Waals surface area contributed by atoms with E-state index in [0.29, 0.717) is 26.1 Å². The quantitative estimate of drug-likeness (QED) is 0.891. The van der Waals surface area contributed by atoms with Crippen LogP contribution in [0.2, 0.25) is 0 Å². The summed E-state index contributed by atoms with van der Waals surface area (Å²) >= 11 is 0. The molecule has 2 aromatic rings. The lowest BCUT2D eigenvalue weighted by atomic mass is 10.2. The first-order valence-electron chi connectivity index (χ1n) is 7.64. The molecule has 0 radical (unpaired) electrons. The number of halogens is 1. The Hall–Kier alpha value is -2.24. The summed E-state index contributed by atoms with van der Waals surface area (Å²) in [7, 11) is 0. The number of benzene rings is 2. The first-order valence-corrected chi connectivity index (χ1v) is 7.64. The molecule has 1 N–H and O–H groups in total. The van der Waals surface area contributed by atoms with Crippen LogP contribution in [0.1, 0.15) is 17.5 Å². The number of amides is 1. The van der Waals surface area contributed by atoms with Gasteiger partial charge in [-0.3, -0.25) is 9.80 Å². The first kappa shape index (κ1) is 15.6. The maximum atomic E-state index is 12.9.